The molecule has 1 aliphatic heterocycles. The number of amidine groups is 1. The van der Waals surface area contributed by atoms with E-state index < -0.39 is 0 Å². The lowest BCUT2D eigenvalue weighted by Gasteiger charge is -2.29. The van der Waals surface area contributed by atoms with Crippen molar-refractivity contribution in [2.75, 3.05) is 11.4 Å². The van der Waals surface area contributed by atoms with Crippen molar-refractivity contribution in [3.05, 3.63) is 40.4 Å². The maximum absolute atomic E-state index is 8.73. The lowest BCUT2D eigenvalue weighted by atomic mass is 10.1. The molecule has 104 valence electrons. The molecule has 1 aliphatic rings. The molecule has 20 heavy (non-hydrogen) atoms. The van der Waals surface area contributed by atoms with E-state index in [2.05, 4.69) is 40.8 Å². The summed E-state index contributed by atoms with van der Waals surface area (Å²) < 4.78 is 2.84. The molecule has 2 heterocycles. The molecule has 0 atom stereocenters. The Labute approximate surface area is 123 Å². The van der Waals surface area contributed by atoms with Crippen LogP contribution >= 0.6 is 15.9 Å². The van der Waals surface area contributed by atoms with Gasteiger partial charge in [0.25, 0.3) is 0 Å². The van der Waals surface area contributed by atoms with Gasteiger partial charge in [0, 0.05) is 28.8 Å². The smallest absolute Gasteiger partial charge is 0.171 e. The van der Waals surface area contributed by atoms with Crippen LogP contribution in [0.4, 0.5) is 5.69 Å². The maximum Gasteiger partial charge on any atom is 0.171 e. The van der Waals surface area contributed by atoms with Gasteiger partial charge in [0.15, 0.2) is 11.7 Å². The molecule has 1 aromatic heterocycles. The predicted molar refractivity (Wildman–Crippen MR) is 77.7 cm³/mol. The minimum Gasteiger partial charge on any atom is -0.409 e. The molecule has 2 aromatic rings. The number of benzene rings is 1. The summed E-state index contributed by atoms with van der Waals surface area (Å²) >= 11 is 3.45. The van der Waals surface area contributed by atoms with Gasteiger partial charge in [-0.3, -0.25) is 0 Å². The Kier molecular flexibility index (Phi) is 3.31. The summed E-state index contributed by atoms with van der Waals surface area (Å²) in [5.74, 6) is 1.04. The van der Waals surface area contributed by atoms with Crippen LogP contribution in [-0.2, 0) is 13.1 Å². The molecule has 0 unspecified atom stereocenters. The first-order valence-corrected chi connectivity index (χ1v) is 6.87. The van der Waals surface area contributed by atoms with Crippen molar-refractivity contribution in [3.8, 4) is 0 Å². The van der Waals surface area contributed by atoms with Crippen LogP contribution in [0.3, 0.4) is 0 Å². The number of aromatic nitrogens is 3. The standard InChI is InChI=1S/C12H13BrN6O/c13-10-5-8(1-2-9(10)12(14)17-20)18-3-4-19-7-15-16-11(19)6-18/h1-2,5,7,20H,3-4,6H2,(H2,14,17). The first-order valence-electron chi connectivity index (χ1n) is 6.08. The zero-order valence-corrected chi connectivity index (χ0v) is 12.2. The Morgan fingerprint density at radius 1 is 1.40 bits per heavy atom. The van der Waals surface area contributed by atoms with Gasteiger partial charge >= 0.3 is 0 Å². The zero-order chi connectivity index (χ0) is 14.1. The number of nitrogens with two attached hydrogens (primary N) is 1. The number of nitrogens with zero attached hydrogens (tertiary/aromatic N) is 5. The second kappa shape index (κ2) is 5.12. The number of fused-ring (bicyclic) bond motifs is 1. The van der Waals surface area contributed by atoms with Crippen LogP contribution in [0.1, 0.15) is 11.4 Å². The molecule has 3 N–H and O–H groups in total. The molecule has 8 heteroatoms. The van der Waals surface area contributed by atoms with Crippen LogP contribution in [0, 0.1) is 0 Å². The Balaban J connectivity index is 1.87. The van der Waals surface area contributed by atoms with Crippen molar-refractivity contribution in [1.29, 1.82) is 0 Å². The van der Waals surface area contributed by atoms with Gasteiger partial charge in [-0.1, -0.05) is 5.16 Å². The summed E-state index contributed by atoms with van der Waals surface area (Å²) in [6.07, 6.45) is 1.75. The summed E-state index contributed by atoms with van der Waals surface area (Å²) in [6.45, 7) is 2.47. The summed E-state index contributed by atoms with van der Waals surface area (Å²) in [7, 11) is 0. The zero-order valence-electron chi connectivity index (χ0n) is 10.6. The van der Waals surface area contributed by atoms with E-state index in [1.54, 1.807) is 6.33 Å². The Morgan fingerprint density at radius 2 is 2.25 bits per heavy atom. The van der Waals surface area contributed by atoms with Crippen LogP contribution in [0.15, 0.2) is 34.2 Å². The molecule has 0 spiro atoms. The minimum absolute atomic E-state index is 0.0850. The van der Waals surface area contributed by atoms with Crippen molar-refractivity contribution >= 4 is 27.5 Å². The van der Waals surface area contributed by atoms with Crippen molar-refractivity contribution < 1.29 is 5.21 Å². The molecule has 0 saturated heterocycles. The van der Waals surface area contributed by atoms with Crippen molar-refractivity contribution in [2.24, 2.45) is 10.9 Å². The number of hydrogen-bond acceptors (Lipinski definition) is 5. The second-order valence-electron chi connectivity index (χ2n) is 4.51. The fourth-order valence-electron chi connectivity index (χ4n) is 2.25. The molecule has 0 saturated carbocycles. The van der Waals surface area contributed by atoms with Gasteiger partial charge in [0.05, 0.1) is 6.54 Å². The minimum atomic E-state index is 0.0850. The number of oxime groups is 1. The highest BCUT2D eigenvalue weighted by atomic mass is 79.9. The topological polar surface area (TPSA) is 92.6 Å². The molecular weight excluding hydrogens is 324 g/mol. The predicted octanol–water partition coefficient (Wildman–Crippen LogP) is 1.16. The van der Waals surface area contributed by atoms with E-state index in [0.717, 1.165) is 35.6 Å². The van der Waals surface area contributed by atoms with E-state index in [4.69, 9.17) is 10.9 Å². The van der Waals surface area contributed by atoms with E-state index in [0.29, 0.717) is 5.56 Å². The van der Waals surface area contributed by atoms with Gasteiger partial charge < -0.3 is 20.4 Å². The van der Waals surface area contributed by atoms with E-state index in [9.17, 15) is 0 Å². The van der Waals surface area contributed by atoms with E-state index in [-0.39, 0.29) is 5.84 Å². The van der Waals surface area contributed by atoms with Crippen LogP contribution in [0.5, 0.6) is 0 Å². The fourth-order valence-corrected chi connectivity index (χ4v) is 2.82. The van der Waals surface area contributed by atoms with Gasteiger partial charge in [-0.05, 0) is 34.1 Å². The van der Waals surface area contributed by atoms with Crippen molar-refractivity contribution in [1.82, 2.24) is 14.8 Å². The summed E-state index contributed by atoms with van der Waals surface area (Å²) in [6, 6.07) is 5.73. The van der Waals surface area contributed by atoms with Crippen LogP contribution in [0.2, 0.25) is 0 Å². The highest BCUT2D eigenvalue weighted by Gasteiger charge is 2.18. The first-order chi connectivity index (χ1) is 9.69. The molecular formula is C12H13BrN6O. The molecule has 3 rings (SSSR count). The highest BCUT2D eigenvalue weighted by Crippen LogP contribution is 2.26. The largest absolute Gasteiger partial charge is 0.409 e. The third-order valence-corrected chi connectivity index (χ3v) is 4.00. The molecule has 0 amide bonds. The SMILES string of the molecule is N/C(=N/O)c1ccc(N2CCn3cnnc3C2)cc1Br. The Morgan fingerprint density at radius 3 is 3.00 bits per heavy atom. The molecule has 0 bridgehead atoms. The normalized spacial score (nSPS) is 15.2. The first kappa shape index (κ1) is 12.9. The molecule has 0 radical (unpaired) electrons. The van der Waals surface area contributed by atoms with Gasteiger partial charge in [-0.15, -0.1) is 10.2 Å². The summed E-state index contributed by atoms with van der Waals surface area (Å²) in [4.78, 5) is 2.21. The van der Waals surface area contributed by atoms with Crippen LogP contribution in [0.25, 0.3) is 0 Å². The van der Waals surface area contributed by atoms with Gasteiger partial charge in [-0.2, -0.15) is 0 Å². The second-order valence-corrected chi connectivity index (χ2v) is 5.37. The maximum atomic E-state index is 8.73. The third kappa shape index (κ3) is 2.22. The molecule has 0 aliphatic carbocycles. The summed E-state index contributed by atoms with van der Waals surface area (Å²) in [5, 5.41) is 19.8. The lowest BCUT2D eigenvalue weighted by molar-refractivity contribution is 0.318. The van der Waals surface area contributed by atoms with Crippen molar-refractivity contribution in [2.45, 2.75) is 13.1 Å². The average Bonchev–Trinajstić information content (AvgIpc) is 2.93. The van der Waals surface area contributed by atoms with Gasteiger partial charge in [-0.25, -0.2) is 0 Å². The number of hydrogen-bond donors (Lipinski definition) is 2. The number of anilines is 1. The van der Waals surface area contributed by atoms with Gasteiger partial charge in [0.2, 0.25) is 0 Å². The van der Waals surface area contributed by atoms with Crippen LogP contribution in [-0.4, -0.2) is 32.4 Å². The summed E-state index contributed by atoms with van der Waals surface area (Å²) in [5.41, 5.74) is 7.33. The van der Waals surface area contributed by atoms with Gasteiger partial charge in [0.1, 0.15) is 6.33 Å². The van der Waals surface area contributed by atoms with E-state index >= 15 is 0 Å². The Hall–Kier alpha value is -2.09. The molecule has 7 nitrogen and oxygen atoms in total. The monoisotopic (exact) mass is 336 g/mol. The lowest BCUT2D eigenvalue weighted by Crippen LogP contribution is -2.33. The Bertz CT molecular complexity index is 668. The fraction of sp³-hybridized carbons (Fsp3) is 0.250. The van der Waals surface area contributed by atoms with E-state index in [1.807, 2.05) is 18.2 Å². The number of rotatable bonds is 2. The highest BCUT2D eigenvalue weighted by molar-refractivity contribution is 9.10. The van der Waals surface area contributed by atoms with Crippen LogP contribution < -0.4 is 10.6 Å². The molecule has 0 fully saturated rings. The quantitative estimate of drug-likeness (QED) is 0.371. The number of halogens is 1. The molecule has 1 aromatic carbocycles. The van der Waals surface area contributed by atoms with Crippen molar-refractivity contribution in [3.63, 3.8) is 0 Å². The average molecular weight is 337 g/mol. The third-order valence-electron chi connectivity index (χ3n) is 3.34. The van der Waals surface area contributed by atoms with E-state index in [1.165, 1.54) is 0 Å².